The summed E-state index contributed by atoms with van der Waals surface area (Å²) in [6.45, 7) is 0.151. The Balaban J connectivity index is 2.54. The summed E-state index contributed by atoms with van der Waals surface area (Å²) in [5.74, 6) is 1.45. The number of carbonyl (C=O) groups is 1. The van der Waals surface area contributed by atoms with Gasteiger partial charge in [0.05, 0.1) is 12.7 Å². The third kappa shape index (κ3) is 1.37. The summed E-state index contributed by atoms with van der Waals surface area (Å²) in [5, 5.41) is -0.583. The predicted molar refractivity (Wildman–Crippen MR) is 49.3 cm³/mol. The van der Waals surface area contributed by atoms with Crippen LogP contribution < -0.4 is 14.2 Å². The fourth-order valence-electron chi connectivity index (χ4n) is 1.25. The van der Waals surface area contributed by atoms with Crippen LogP contribution in [0.5, 0.6) is 17.2 Å². The Labute approximate surface area is 85.3 Å². The number of hydrogen-bond acceptors (Lipinski definition) is 4. The van der Waals surface area contributed by atoms with Gasteiger partial charge < -0.3 is 14.2 Å². The van der Waals surface area contributed by atoms with Crippen molar-refractivity contribution >= 4 is 16.8 Å². The molecule has 0 spiro atoms. The van der Waals surface area contributed by atoms with Crippen molar-refractivity contribution in [2.75, 3.05) is 13.9 Å². The Morgan fingerprint density at radius 1 is 1.43 bits per heavy atom. The highest BCUT2D eigenvalue weighted by atomic mass is 35.5. The summed E-state index contributed by atoms with van der Waals surface area (Å²) in [7, 11) is 1.46. The molecule has 1 aliphatic heterocycles. The van der Waals surface area contributed by atoms with Crippen molar-refractivity contribution in [1.82, 2.24) is 0 Å². The van der Waals surface area contributed by atoms with E-state index in [1.54, 1.807) is 6.07 Å². The van der Waals surface area contributed by atoms with Crippen LogP contribution in [0.2, 0.25) is 0 Å². The molecule has 0 radical (unpaired) electrons. The van der Waals surface area contributed by atoms with Crippen molar-refractivity contribution in [1.29, 1.82) is 0 Å². The number of fused-ring (bicyclic) bond motifs is 1. The average molecular weight is 215 g/mol. The van der Waals surface area contributed by atoms with Gasteiger partial charge in [-0.2, -0.15) is 0 Å². The lowest BCUT2D eigenvalue weighted by Crippen LogP contribution is -1.95. The monoisotopic (exact) mass is 214 g/mol. The maximum absolute atomic E-state index is 11.0. The van der Waals surface area contributed by atoms with Gasteiger partial charge >= 0.3 is 0 Å². The van der Waals surface area contributed by atoms with Gasteiger partial charge in [0.15, 0.2) is 11.5 Å². The van der Waals surface area contributed by atoms with E-state index in [4.69, 9.17) is 25.8 Å². The van der Waals surface area contributed by atoms with Crippen LogP contribution in [0.4, 0.5) is 0 Å². The Morgan fingerprint density at radius 2 is 2.07 bits per heavy atom. The third-order valence-corrected chi connectivity index (χ3v) is 2.11. The van der Waals surface area contributed by atoms with Crippen molar-refractivity contribution in [2.45, 2.75) is 0 Å². The quantitative estimate of drug-likeness (QED) is 0.705. The van der Waals surface area contributed by atoms with Crippen LogP contribution in [0.25, 0.3) is 0 Å². The molecule has 0 aromatic heterocycles. The number of hydrogen-bond donors (Lipinski definition) is 0. The van der Waals surface area contributed by atoms with E-state index < -0.39 is 5.24 Å². The van der Waals surface area contributed by atoms with Crippen LogP contribution in [0.15, 0.2) is 12.1 Å². The number of carbonyl (C=O) groups excluding carboxylic acids is 1. The van der Waals surface area contributed by atoms with E-state index in [0.717, 1.165) is 0 Å². The summed E-state index contributed by atoms with van der Waals surface area (Å²) < 4.78 is 15.2. The number of methoxy groups -OCH3 is 1. The summed E-state index contributed by atoms with van der Waals surface area (Å²) in [4.78, 5) is 11.0. The molecule has 0 atom stereocenters. The second-order valence-electron chi connectivity index (χ2n) is 2.68. The third-order valence-electron chi connectivity index (χ3n) is 1.91. The van der Waals surface area contributed by atoms with Gasteiger partial charge in [0.25, 0.3) is 5.24 Å². The molecular weight excluding hydrogens is 208 g/mol. The first-order valence-corrected chi connectivity index (χ1v) is 4.27. The standard InChI is InChI=1S/C9H7ClO4/c1-12-6-3-8-7(13-4-14-8)2-5(6)9(10)11/h2-3H,4H2,1H3. The molecule has 0 bridgehead atoms. The van der Waals surface area contributed by atoms with Crippen molar-refractivity contribution in [3.8, 4) is 17.2 Å². The molecule has 2 rings (SSSR count). The van der Waals surface area contributed by atoms with Crippen LogP contribution in [0.1, 0.15) is 10.4 Å². The number of benzene rings is 1. The highest BCUT2D eigenvalue weighted by Crippen LogP contribution is 2.38. The molecule has 1 aromatic rings. The molecule has 1 aromatic carbocycles. The van der Waals surface area contributed by atoms with Crippen LogP contribution in [0, 0.1) is 0 Å². The highest BCUT2D eigenvalue weighted by molar-refractivity contribution is 6.68. The lowest BCUT2D eigenvalue weighted by molar-refractivity contribution is 0.107. The Hall–Kier alpha value is -1.42. The number of halogens is 1. The van der Waals surface area contributed by atoms with Crippen molar-refractivity contribution in [2.24, 2.45) is 0 Å². The summed E-state index contributed by atoms with van der Waals surface area (Å²) in [6.07, 6.45) is 0. The fourth-order valence-corrected chi connectivity index (χ4v) is 1.39. The van der Waals surface area contributed by atoms with Gasteiger partial charge in [-0.3, -0.25) is 4.79 Å². The van der Waals surface area contributed by atoms with E-state index in [-0.39, 0.29) is 12.4 Å². The van der Waals surface area contributed by atoms with Crippen LogP contribution >= 0.6 is 11.6 Å². The topological polar surface area (TPSA) is 44.8 Å². The van der Waals surface area contributed by atoms with Gasteiger partial charge in [0.1, 0.15) is 5.75 Å². The van der Waals surface area contributed by atoms with Crippen molar-refractivity contribution in [3.63, 3.8) is 0 Å². The molecule has 74 valence electrons. The molecule has 1 heterocycles. The van der Waals surface area contributed by atoms with Crippen LogP contribution in [-0.2, 0) is 0 Å². The van der Waals surface area contributed by atoms with Gasteiger partial charge in [-0.25, -0.2) is 0 Å². The molecular formula is C9H7ClO4. The molecule has 0 fully saturated rings. The molecule has 0 aliphatic carbocycles. The first kappa shape index (κ1) is 9.15. The van der Waals surface area contributed by atoms with E-state index in [2.05, 4.69) is 0 Å². The van der Waals surface area contributed by atoms with E-state index in [0.29, 0.717) is 17.2 Å². The molecule has 14 heavy (non-hydrogen) atoms. The van der Waals surface area contributed by atoms with E-state index in [1.807, 2.05) is 0 Å². The first-order chi connectivity index (χ1) is 6.72. The fraction of sp³-hybridized carbons (Fsp3) is 0.222. The molecule has 0 amide bonds. The first-order valence-electron chi connectivity index (χ1n) is 3.90. The van der Waals surface area contributed by atoms with E-state index in [1.165, 1.54) is 13.2 Å². The van der Waals surface area contributed by atoms with Gasteiger partial charge in [0, 0.05) is 12.1 Å². The van der Waals surface area contributed by atoms with Crippen molar-refractivity contribution < 1.29 is 19.0 Å². The molecule has 0 N–H and O–H groups in total. The van der Waals surface area contributed by atoms with Gasteiger partial charge in [-0.05, 0) is 11.6 Å². The summed E-state index contributed by atoms with van der Waals surface area (Å²) in [5.41, 5.74) is 0.276. The average Bonchev–Trinajstić information content (AvgIpc) is 2.62. The lowest BCUT2D eigenvalue weighted by Gasteiger charge is -2.05. The zero-order valence-corrected chi connectivity index (χ0v) is 8.13. The Kier molecular flexibility index (Phi) is 2.21. The second kappa shape index (κ2) is 3.38. The maximum atomic E-state index is 11.0. The minimum atomic E-state index is -0.583. The summed E-state index contributed by atoms with van der Waals surface area (Å²) in [6, 6.07) is 3.09. The van der Waals surface area contributed by atoms with Crippen molar-refractivity contribution in [3.05, 3.63) is 17.7 Å². The molecule has 0 saturated heterocycles. The smallest absolute Gasteiger partial charge is 0.256 e. The van der Waals surface area contributed by atoms with Crippen LogP contribution in [0.3, 0.4) is 0 Å². The Bertz CT molecular complexity index is 389. The molecule has 5 heteroatoms. The molecule has 0 unspecified atom stereocenters. The zero-order chi connectivity index (χ0) is 10.1. The second-order valence-corrected chi connectivity index (χ2v) is 3.02. The minimum absolute atomic E-state index is 0.151. The van der Waals surface area contributed by atoms with Gasteiger partial charge in [-0.1, -0.05) is 0 Å². The Morgan fingerprint density at radius 3 is 2.64 bits per heavy atom. The largest absolute Gasteiger partial charge is 0.496 e. The molecule has 4 nitrogen and oxygen atoms in total. The SMILES string of the molecule is COc1cc2c(cc1C(=O)Cl)OCO2. The van der Waals surface area contributed by atoms with Gasteiger partial charge in [0.2, 0.25) is 6.79 Å². The molecule has 0 saturated carbocycles. The molecule has 1 aliphatic rings. The zero-order valence-electron chi connectivity index (χ0n) is 7.37. The minimum Gasteiger partial charge on any atom is -0.496 e. The number of rotatable bonds is 2. The van der Waals surface area contributed by atoms with E-state index in [9.17, 15) is 4.79 Å². The number of ether oxygens (including phenoxy) is 3. The van der Waals surface area contributed by atoms with Crippen LogP contribution in [-0.4, -0.2) is 19.1 Å². The normalized spacial score (nSPS) is 12.7. The lowest BCUT2D eigenvalue weighted by atomic mass is 10.2. The summed E-state index contributed by atoms with van der Waals surface area (Å²) >= 11 is 5.37. The predicted octanol–water partition coefficient (Wildman–Crippen LogP) is 1.80. The maximum Gasteiger partial charge on any atom is 0.256 e. The van der Waals surface area contributed by atoms with E-state index >= 15 is 0 Å². The highest BCUT2D eigenvalue weighted by Gasteiger charge is 2.20. The van der Waals surface area contributed by atoms with Gasteiger partial charge in [-0.15, -0.1) is 0 Å².